The molecule has 1 aliphatic heterocycles. The summed E-state index contributed by atoms with van der Waals surface area (Å²) in [4.78, 5) is 10.6. The first kappa shape index (κ1) is 19.7. The van der Waals surface area contributed by atoms with Gasteiger partial charge in [0.15, 0.2) is 0 Å². The zero-order chi connectivity index (χ0) is 16.5. The topological polar surface area (TPSA) is 95.5 Å². The Morgan fingerprint density at radius 2 is 2.00 bits per heavy atom. The molecule has 0 saturated heterocycles. The van der Waals surface area contributed by atoms with Gasteiger partial charge in [0.05, 0.1) is 4.90 Å². The van der Waals surface area contributed by atoms with Crippen molar-refractivity contribution in [1.82, 2.24) is 10.0 Å². The molecule has 1 unspecified atom stereocenters. The van der Waals surface area contributed by atoms with Crippen LogP contribution in [0.3, 0.4) is 0 Å². The number of nitrogens with one attached hydrogen (secondary N) is 2. The Bertz CT molecular complexity index is 694. The lowest BCUT2D eigenvalue weighted by Crippen LogP contribution is -2.41. The summed E-state index contributed by atoms with van der Waals surface area (Å²) in [5.41, 5.74) is 1.20. The van der Waals surface area contributed by atoms with Gasteiger partial charge in [-0.05, 0) is 29.7 Å². The number of halogens is 4. The summed E-state index contributed by atoms with van der Waals surface area (Å²) < 4.78 is 61.4. The standard InChI is InChI=1S/C12H13F3N2O4S.ClH/c13-12(14,15)6-17-22(20,21)9-2-1-7-4-10(11(18)19)16-5-8(7)3-9;/h1-3,10,16-17H,4-6H2,(H,18,19);1H. The van der Waals surface area contributed by atoms with Gasteiger partial charge in [-0.3, -0.25) is 4.79 Å². The highest BCUT2D eigenvalue weighted by atomic mass is 35.5. The van der Waals surface area contributed by atoms with Gasteiger partial charge < -0.3 is 10.4 Å². The molecular weight excluding hydrogens is 361 g/mol. The zero-order valence-corrected chi connectivity index (χ0v) is 13.2. The number of hydrogen-bond donors (Lipinski definition) is 3. The number of hydrogen-bond acceptors (Lipinski definition) is 4. The first-order valence-corrected chi connectivity index (χ1v) is 7.71. The van der Waals surface area contributed by atoms with Crippen LogP contribution in [0.5, 0.6) is 0 Å². The molecule has 130 valence electrons. The molecule has 23 heavy (non-hydrogen) atoms. The van der Waals surface area contributed by atoms with E-state index in [1.807, 2.05) is 0 Å². The van der Waals surface area contributed by atoms with Crippen LogP contribution in [0.15, 0.2) is 23.1 Å². The molecule has 0 saturated carbocycles. The third-order valence-electron chi connectivity index (χ3n) is 3.21. The predicted molar refractivity (Wildman–Crippen MR) is 76.9 cm³/mol. The predicted octanol–water partition coefficient (Wildman–Crippen LogP) is 1.05. The molecule has 3 N–H and O–H groups in total. The highest BCUT2D eigenvalue weighted by Crippen LogP contribution is 2.22. The lowest BCUT2D eigenvalue weighted by Gasteiger charge is -2.23. The Morgan fingerprint density at radius 1 is 1.35 bits per heavy atom. The summed E-state index contributed by atoms with van der Waals surface area (Å²) >= 11 is 0. The first-order valence-electron chi connectivity index (χ1n) is 6.23. The van der Waals surface area contributed by atoms with Crippen LogP contribution in [0.2, 0.25) is 0 Å². The second kappa shape index (κ2) is 7.04. The summed E-state index contributed by atoms with van der Waals surface area (Å²) in [5.74, 6) is -1.02. The quantitative estimate of drug-likeness (QED) is 0.732. The molecule has 0 spiro atoms. The van der Waals surface area contributed by atoms with E-state index in [9.17, 15) is 26.4 Å². The molecule has 11 heteroatoms. The van der Waals surface area contributed by atoms with Crippen LogP contribution in [-0.2, 0) is 27.8 Å². The Balaban J connectivity index is 0.00000264. The minimum atomic E-state index is -4.64. The van der Waals surface area contributed by atoms with Gasteiger partial charge in [0.25, 0.3) is 0 Å². The van der Waals surface area contributed by atoms with Crippen molar-refractivity contribution >= 4 is 28.4 Å². The number of carboxylic acid groups (broad SMARTS) is 1. The maximum absolute atomic E-state index is 12.1. The minimum absolute atomic E-state index is 0. The molecule has 0 aliphatic carbocycles. The van der Waals surface area contributed by atoms with Crippen LogP contribution >= 0.6 is 12.4 Å². The fourth-order valence-corrected chi connectivity index (χ4v) is 3.16. The molecule has 0 amide bonds. The maximum Gasteiger partial charge on any atom is 0.402 e. The summed E-state index contributed by atoms with van der Waals surface area (Å²) in [6.07, 6.45) is -4.46. The van der Waals surface area contributed by atoms with E-state index in [-0.39, 0.29) is 30.3 Å². The van der Waals surface area contributed by atoms with Gasteiger partial charge in [0, 0.05) is 6.54 Å². The van der Waals surface area contributed by atoms with Crippen LogP contribution in [0, 0.1) is 0 Å². The monoisotopic (exact) mass is 374 g/mol. The second-order valence-corrected chi connectivity index (χ2v) is 6.61. The fraction of sp³-hybridized carbons (Fsp3) is 0.417. The third kappa shape index (κ3) is 5.06. The number of carbonyl (C=O) groups is 1. The summed E-state index contributed by atoms with van der Waals surface area (Å²) in [7, 11) is -4.27. The van der Waals surface area contributed by atoms with Crippen molar-refractivity contribution in [2.75, 3.05) is 6.54 Å². The fourth-order valence-electron chi connectivity index (χ4n) is 2.09. The van der Waals surface area contributed by atoms with E-state index in [1.165, 1.54) is 22.9 Å². The van der Waals surface area contributed by atoms with E-state index >= 15 is 0 Å². The number of alkyl halides is 3. The van der Waals surface area contributed by atoms with Crippen LogP contribution in [0.4, 0.5) is 13.2 Å². The lowest BCUT2D eigenvalue weighted by atomic mass is 9.96. The largest absolute Gasteiger partial charge is 0.480 e. The van der Waals surface area contributed by atoms with Crippen molar-refractivity contribution in [1.29, 1.82) is 0 Å². The summed E-state index contributed by atoms with van der Waals surface area (Å²) in [6.45, 7) is -1.51. The SMILES string of the molecule is Cl.O=C(O)C1Cc2ccc(S(=O)(=O)NCC(F)(F)F)cc2CN1. The lowest BCUT2D eigenvalue weighted by molar-refractivity contribution is -0.139. The van der Waals surface area contributed by atoms with Gasteiger partial charge in [0.2, 0.25) is 10.0 Å². The number of fused-ring (bicyclic) bond motifs is 1. The number of aliphatic carboxylic acids is 1. The number of rotatable bonds is 4. The molecule has 0 bridgehead atoms. The van der Waals surface area contributed by atoms with E-state index < -0.39 is 34.8 Å². The van der Waals surface area contributed by atoms with Crippen LogP contribution in [0.25, 0.3) is 0 Å². The minimum Gasteiger partial charge on any atom is -0.480 e. The molecule has 0 radical (unpaired) electrons. The Labute approximate surface area is 136 Å². The van der Waals surface area contributed by atoms with Crippen molar-refractivity contribution in [2.45, 2.75) is 30.1 Å². The molecule has 1 atom stereocenters. The van der Waals surface area contributed by atoms with Crippen molar-refractivity contribution in [3.05, 3.63) is 29.3 Å². The Hall–Kier alpha value is -1.36. The zero-order valence-electron chi connectivity index (χ0n) is 11.6. The van der Waals surface area contributed by atoms with Crippen LogP contribution < -0.4 is 10.0 Å². The molecule has 0 aromatic heterocycles. The van der Waals surface area contributed by atoms with Crippen molar-refractivity contribution in [2.24, 2.45) is 0 Å². The van der Waals surface area contributed by atoms with Crippen LogP contribution in [-0.4, -0.2) is 38.3 Å². The molecule has 6 nitrogen and oxygen atoms in total. The highest BCUT2D eigenvalue weighted by molar-refractivity contribution is 7.89. The average Bonchev–Trinajstić information content (AvgIpc) is 2.43. The van der Waals surface area contributed by atoms with Gasteiger partial charge in [-0.2, -0.15) is 13.2 Å². The van der Waals surface area contributed by atoms with E-state index in [0.29, 0.717) is 11.1 Å². The molecule has 1 aromatic rings. The Morgan fingerprint density at radius 3 is 2.57 bits per heavy atom. The van der Waals surface area contributed by atoms with E-state index in [4.69, 9.17) is 5.11 Å². The van der Waals surface area contributed by atoms with Crippen molar-refractivity contribution < 1.29 is 31.5 Å². The average molecular weight is 375 g/mol. The third-order valence-corrected chi connectivity index (χ3v) is 4.61. The first-order chi connectivity index (χ1) is 10.1. The van der Waals surface area contributed by atoms with E-state index in [0.717, 1.165) is 0 Å². The smallest absolute Gasteiger partial charge is 0.402 e. The molecule has 0 fully saturated rings. The van der Waals surface area contributed by atoms with Gasteiger partial charge in [0.1, 0.15) is 12.6 Å². The van der Waals surface area contributed by atoms with Crippen molar-refractivity contribution in [3.8, 4) is 0 Å². The van der Waals surface area contributed by atoms with Crippen LogP contribution in [0.1, 0.15) is 11.1 Å². The highest BCUT2D eigenvalue weighted by Gasteiger charge is 2.31. The number of sulfonamides is 1. The molecule has 2 rings (SSSR count). The second-order valence-electron chi connectivity index (χ2n) is 4.85. The van der Waals surface area contributed by atoms with E-state index in [1.54, 1.807) is 0 Å². The number of benzene rings is 1. The molecule has 1 aromatic carbocycles. The van der Waals surface area contributed by atoms with Gasteiger partial charge in [-0.15, -0.1) is 12.4 Å². The summed E-state index contributed by atoms with van der Waals surface area (Å²) in [5, 5.41) is 11.6. The van der Waals surface area contributed by atoms with Gasteiger partial charge >= 0.3 is 12.1 Å². The molecule has 1 heterocycles. The van der Waals surface area contributed by atoms with Gasteiger partial charge in [-0.1, -0.05) is 6.07 Å². The van der Waals surface area contributed by atoms with Gasteiger partial charge in [-0.25, -0.2) is 13.1 Å². The van der Waals surface area contributed by atoms with Crippen molar-refractivity contribution in [3.63, 3.8) is 0 Å². The number of carboxylic acids is 1. The maximum atomic E-state index is 12.1. The summed E-state index contributed by atoms with van der Waals surface area (Å²) in [6, 6.07) is 3.08. The molecular formula is C12H14ClF3N2O4S. The normalized spacial score (nSPS) is 18.0. The van der Waals surface area contributed by atoms with E-state index in [2.05, 4.69) is 5.32 Å². The Kier molecular flexibility index (Phi) is 6.02. The molecule has 1 aliphatic rings.